The van der Waals surface area contributed by atoms with Gasteiger partial charge in [-0.3, -0.25) is 14.9 Å². The summed E-state index contributed by atoms with van der Waals surface area (Å²) in [4.78, 5) is 39.3. The number of hydrogen-bond donors (Lipinski definition) is 1. The average molecular weight is 606 g/mol. The molecule has 196 valence electrons. The largest absolute Gasteiger partial charge is 0.490 e. The fourth-order valence-electron chi connectivity index (χ4n) is 4.29. The summed E-state index contributed by atoms with van der Waals surface area (Å²) in [6.45, 7) is 2.42. The Labute approximate surface area is 238 Å². The maximum absolute atomic E-state index is 13.2. The SMILES string of the molecule is CCOc1cc(C=C2C(=O)NC(=O)N(c3ccc(Br)cc3)C2=O)cc(Cl)c1OCc1cccc2ccccc12. The van der Waals surface area contributed by atoms with E-state index in [-0.39, 0.29) is 17.2 Å². The molecule has 1 heterocycles. The molecule has 1 fully saturated rings. The van der Waals surface area contributed by atoms with Crippen LogP contribution in [0.5, 0.6) is 11.5 Å². The maximum atomic E-state index is 13.2. The van der Waals surface area contributed by atoms with Gasteiger partial charge in [-0.2, -0.15) is 0 Å². The van der Waals surface area contributed by atoms with Gasteiger partial charge in [0, 0.05) is 4.47 Å². The fourth-order valence-corrected chi connectivity index (χ4v) is 4.83. The lowest BCUT2D eigenvalue weighted by atomic mass is 10.1. The number of amides is 4. The van der Waals surface area contributed by atoms with E-state index in [9.17, 15) is 14.4 Å². The second-order valence-electron chi connectivity index (χ2n) is 8.62. The Morgan fingerprint density at radius 2 is 1.69 bits per heavy atom. The first-order valence-corrected chi connectivity index (χ1v) is 13.3. The van der Waals surface area contributed by atoms with Gasteiger partial charge < -0.3 is 9.47 Å². The molecular weight excluding hydrogens is 584 g/mol. The summed E-state index contributed by atoms with van der Waals surface area (Å²) in [5, 5.41) is 4.64. The van der Waals surface area contributed by atoms with Gasteiger partial charge in [0.05, 0.1) is 17.3 Å². The molecule has 0 bridgehead atoms. The molecule has 0 spiro atoms. The summed E-state index contributed by atoms with van der Waals surface area (Å²) in [5.74, 6) is -0.846. The van der Waals surface area contributed by atoms with Crippen molar-refractivity contribution in [1.29, 1.82) is 0 Å². The van der Waals surface area contributed by atoms with Crippen molar-refractivity contribution in [3.8, 4) is 11.5 Å². The van der Waals surface area contributed by atoms with Crippen molar-refractivity contribution in [3.63, 3.8) is 0 Å². The van der Waals surface area contributed by atoms with Crippen molar-refractivity contribution < 1.29 is 23.9 Å². The minimum atomic E-state index is -0.824. The van der Waals surface area contributed by atoms with Crippen molar-refractivity contribution >= 4 is 67.9 Å². The molecule has 5 rings (SSSR count). The van der Waals surface area contributed by atoms with E-state index >= 15 is 0 Å². The summed E-state index contributed by atoms with van der Waals surface area (Å²) < 4.78 is 12.7. The Kier molecular flexibility index (Phi) is 7.67. The molecule has 4 amide bonds. The Morgan fingerprint density at radius 1 is 0.949 bits per heavy atom. The second kappa shape index (κ2) is 11.3. The zero-order valence-electron chi connectivity index (χ0n) is 20.7. The number of rotatable bonds is 7. The van der Waals surface area contributed by atoms with Crippen molar-refractivity contribution in [2.75, 3.05) is 11.5 Å². The van der Waals surface area contributed by atoms with E-state index < -0.39 is 17.8 Å². The van der Waals surface area contributed by atoms with Crippen LogP contribution in [0.4, 0.5) is 10.5 Å². The molecule has 4 aromatic rings. The molecule has 0 radical (unpaired) electrons. The third-order valence-corrected chi connectivity index (χ3v) is 6.89. The van der Waals surface area contributed by atoms with Crippen LogP contribution in [0.25, 0.3) is 16.8 Å². The summed E-state index contributed by atoms with van der Waals surface area (Å²) in [6, 6.07) is 23.0. The minimum Gasteiger partial charge on any atom is -0.490 e. The number of barbiturate groups is 1. The van der Waals surface area contributed by atoms with Crippen LogP contribution >= 0.6 is 27.5 Å². The quantitative estimate of drug-likeness (QED) is 0.183. The van der Waals surface area contributed by atoms with E-state index in [0.29, 0.717) is 29.4 Å². The number of halogens is 2. The lowest BCUT2D eigenvalue weighted by molar-refractivity contribution is -0.122. The number of imide groups is 2. The number of nitrogens with one attached hydrogen (secondary N) is 1. The first-order chi connectivity index (χ1) is 18.9. The highest BCUT2D eigenvalue weighted by Crippen LogP contribution is 2.38. The Hall–Kier alpha value is -4.14. The van der Waals surface area contributed by atoms with Crippen LogP contribution in [-0.2, 0) is 16.2 Å². The van der Waals surface area contributed by atoms with Gasteiger partial charge >= 0.3 is 6.03 Å². The van der Waals surface area contributed by atoms with Gasteiger partial charge in [0.25, 0.3) is 11.8 Å². The summed E-state index contributed by atoms with van der Waals surface area (Å²) in [6.07, 6.45) is 1.37. The standard InChI is InChI=1S/C30H22BrClN2O5/c1-2-38-26-16-18(14-24-28(35)33-30(37)34(29(24)36)22-12-10-21(31)11-13-22)15-25(32)27(26)39-17-20-8-5-7-19-6-3-4-9-23(19)20/h3-16H,2,17H2,1H3,(H,33,35,37). The predicted molar refractivity (Wildman–Crippen MR) is 154 cm³/mol. The van der Waals surface area contributed by atoms with Gasteiger partial charge in [-0.15, -0.1) is 0 Å². The molecule has 7 nitrogen and oxygen atoms in total. The van der Waals surface area contributed by atoms with Crippen molar-refractivity contribution in [3.05, 3.63) is 105 Å². The highest BCUT2D eigenvalue weighted by atomic mass is 79.9. The number of urea groups is 1. The van der Waals surface area contributed by atoms with Crippen LogP contribution in [0.1, 0.15) is 18.1 Å². The molecule has 1 N–H and O–H groups in total. The van der Waals surface area contributed by atoms with Gasteiger partial charge in [-0.25, -0.2) is 9.69 Å². The van der Waals surface area contributed by atoms with Crippen LogP contribution < -0.4 is 19.7 Å². The molecule has 0 saturated carbocycles. The molecule has 1 saturated heterocycles. The number of fused-ring (bicyclic) bond motifs is 1. The van der Waals surface area contributed by atoms with E-state index in [1.54, 1.807) is 36.4 Å². The van der Waals surface area contributed by atoms with E-state index in [2.05, 4.69) is 21.2 Å². The second-order valence-corrected chi connectivity index (χ2v) is 9.95. The van der Waals surface area contributed by atoms with Gasteiger partial charge in [-0.05, 0) is 71.3 Å². The molecular formula is C30H22BrClN2O5. The number of hydrogen-bond acceptors (Lipinski definition) is 5. The van der Waals surface area contributed by atoms with Gasteiger partial charge in [0.1, 0.15) is 12.2 Å². The lowest BCUT2D eigenvalue weighted by Gasteiger charge is -2.26. The monoisotopic (exact) mass is 604 g/mol. The van der Waals surface area contributed by atoms with Gasteiger partial charge in [0.2, 0.25) is 0 Å². The van der Waals surface area contributed by atoms with Crippen molar-refractivity contribution in [2.45, 2.75) is 13.5 Å². The number of benzene rings is 4. The number of ether oxygens (including phenoxy) is 2. The molecule has 1 aliphatic rings. The highest BCUT2D eigenvalue weighted by Gasteiger charge is 2.36. The van der Waals surface area contributed by atoms with Crippen LogP contribution in [0.3, 0.4) is 0 Å². The van der Waals surface area contributed by atoms with Crippen LogP contribution in [-0.4, -0.2) is 24.5 Å². The van der Waals surface area contributed by atoms with Crippen LogP contribution in [0.2, 0.25) is 5.02 Å². The predicted octanol–water partition coefficient (Wildman–Crippen LogP) is 6.90. The number of carbonyl (C=O) groups excluding carboxylic acids is 3. The molecule has 1 aliphatic heterocycles. The smallest absolute Gasteiger partial charge is 0.335 e. The Morgan fingerprint density at radius 3 is 2.46 bits per heavy atom. The third kappa shape index (κ3) is 5.53. The lowest BCUT2D eigenvalue weighted by Crippen LogP contribution is -2.54. The van der Waals surface area contributed by atoms with Crippen LogP contribution in [0.15, 0.2) is 88.9 Å². The highest BCUT2D eigenvalue weighted by molar-refractivity contribution is 9.10. The molecule has 39 heavy (non-hydrogen) atoms. The average Bonchev–Trinajstić information content (AvgIpc) is 2.92. The first kappa shape index (κ1) is 26.5. The van der Waals surface area contributed by atoms with E-state index in [1.165, 1.54) is 6.08 Å². The van der Waals surface area contributed by atoms with E-state index in [4.69, 9.17) is 21.1 Å². The Balaban J connectivity index is 1.46. The molecule has 4 aromatic carbocycles. The summed E-state index contributed by atoms with van der Waals surface area (Å²) in [5.41, 5.74) is 1.52. The normalized spacial score (nSPS) is 14.6. The molecule has 0 atom stereocenters. The fraction of sp³-hybridized carbons (Fsp3) is 0.100. The summed E-state index contributed by atoms with van der Waals surface area (Å²) >= 11 is 9.95. The molecule has 9 heteroatoms. The zero-order chi connectivity index (χ0) is 27.5. The van der Waals surface area contributed by atoms with Gasteiger partial charge in [0.15, 0.2) is 11.5 Å². The van der Waals surface area contributed by atoms with Crippen LogP contribution in [0, 0.1) is 0 Å². The van der Waals surface area contributed by atoms with Gasteiger partial charge in [-0.1, -0.05) is 70.0 Å². The number of nitrogens with zero attached hydrogens (tertiary/aromatic N) is 1. The van der Waals surface area contributed by atoms with Crippen molar-refractivity contribution in [1.82, 2.24) is 5.32 Å². The van der Waals surface area contributed by atoms with E-state index in [0.717, 1.165) is 25.7 Å². The molecule has 0 aromatic heterocycles. The number of carbonyl (C=O) groups is 3. The van der Waals surface area contributed by atoms with E-state index in [1.807, 2.05) is 49.4 Å². The zero-order valence-corrected chi connectivity index (χ0v) is 23.1. The minimum absolute atomic E-state index is 0.222. The van der Waals surface area contributed by atoms with Crippen molar-refractivity contribution in [2.24, 2.45) is 0 Å². The number of anilines is 1. The third-order valence-electron chi connectivity index (χ3n) is 6.08. The maximum Gasteiger partial charge on any atom is 0.335 e. The Bertz CT molecular complexity index is 1630. The molecule has 0 unspecified atom stereocenters. The topological polar surface area (TPSA) is 84.9 Å². The first-order valence-electron chi connectivity index (χ1n) is 12.1. The summed E-state index contributed by atoms with van der Waals surface area (Å²) in [7, 11) is 0. The molecule has 0 aliphatic carbocycles.